The highest BCUT2D eigenvalue weighted by Gasteiger charge is 2.31. The summed E-state index contributed by atoms with van der Waals surface area (Å²) in [6.07, 6.45) is 0.860. The van der Waals surface area contributed by atoms with Crippen LogP contribution in [0.4, 0.5) is 0 Å². The number of nitrogens with zero attached hydrogens (tertiary/aromatic N) is 1. The van der Waals surface area contributed by atoms with Gasteiger partial charge in [-0.05, 0) is 41.8 Å². The molecule has 7 heteroatoms. The minimum atomic E-state index is -0.0457. The highest BCUT2D eigenvalue weighted by Crippen LogP contribution is 2.40. The molecule has 2 aromatic rings. The summed E-state index contributed by atoms with van der Waals surface area (Å²) in [4.78, 5) is 2.46. The summed E-state index contributed by atoms with van der Waals surface area (Å²) in [6, 6.07) is 14.1. The second-order valence-corrected chi connectivity index (χ2v) is 7.15. The number of nitrogens with one attached hydrogen (secondary N) is 1. The molecule has 1 fully saturated rings. The van der Waals surface area contributed by atoms with Crippen LogP contribution in [-0.2, 0) is 11.2 Å². The zero-order valence-corrected chi connectivity index (χ0v) is 19.1. The number of benzene rings is 2. The first-order chi connectivity index (χ1) is 12.7. The van der Waals surface area contributed by atoms with E-state index in [4.69, 9.17) is 4.74 Å². The van der Waals surface area contributed by atoms with Crippen molar-refractivity contribution in [2.75, 3.05) is 39.4 Å². The number of fused-ring (bicyclic) bond motifs is 1. The second kappa shape index (κ2) is 10.6. The highest BCUT2D eigenvalue weighted by molar-refractivity contribution is 8.93. The summed E-state index contributed by atoms with van der Waals surface area (Å²) >= 11 is 0. The molecule has 2 unspecified atom stereocenters. The van der Waals surface area contributed by atoms with Crippen molar-refractivity contribution < 1.29 is 14.9 Å². The van der Waals surface area contributed by atoms with Gasteiger partial charge in [-0.15, -0.1) is 34.0 Å². The molecule has 0 spiro atoms. The third-order valence-electron chi connectivity index (χ3n) is 5.52. The van der Waals surface area contributed by atoms with E-state index in [0.717, 1.165) is 56.9 Å². The fourth-order valence-corrected chi connectivity index (χ4v) is 4.14. The standard InChI is InChI=1S/C21H26N2O3.2BrH/c24-19-12-16-6-7-22-21(17(16)13-20(19)25)18(15-4-2-1-3-5-15)14-23-8-10-26-11-9-23;;/h1-5,12-13,18,21-22,24-25H,6-11,14H2;2*1H. The smallest absolute Gasteiger partial charge is 0.157 e. The Balaban J connectivity index is 0.00000140. The molecule has 4 rings (SSSR count). The molecular weight excluding hydrogens is 488 g/mol. The van der Waals surface area contributed by atoms with E-state index in [1.807, 2.05) is 6.07 Å². The molecule has 2 aliphatic rings. The molecule has 0 radical (unpaired) electrons. The molecule has 154 valence electrons. The minimum Gasteiger partial charge on any atom is -0.504 e. The number of hydrogen-bond acceptors (Lipinski definition) is 5. The Morgan fingerprint density at radius 2 is 1.71 bits per heavy atom. The van der Waals surface area contributed by atoms with Crippen molar-refractivity contribution in [2.45, 2.75) is 18.4 Å². The van der Waals surface area contributed by atoms with Crippen LogP contribution in [0.2, 0.25) is 0 Å². The largest absolute Gasteiger partial charge is 0.504 e. The second-order valence-electron chi connectivity index (χ2n) is 7.15. The third-order valence-corrected chi connectivity index (χ3v) is 5.52. The molecule has 0 amide bonds. The van der Waals surface area contributed by atoms with Gasteiger partial charge in [-0.2, -0.15) is 0 Å². The van der Waals surface area contributed by atoms with Crippen LogP contribution in [0.25, 0.3) is 0 Å². The van der Waals surface area contributed by atoms with E-state index in [1.54, 1.807) is 12.1 Å². The summed E-state index contributed by atoms with van der Waals surface area (Å²) < 4.78 is 5.50. The Morgan fingerprint density at radius 1 is 1.04 bits per heavy atom. The molecule has 0 aliphatic carbocycles. The maximum Gasteiger partial charge on any atom is 0.157 e. The number of aromatic hydroxyl groups is 2. The summed E-state index contributed by atoms with van der Waals surface area (Å²) in [7, 11) is 0. The lowest BCUT2D eigenvalue weighted by atomic mass is 9.81. The number of halogens is 2. The Bertz CT molecular complexity index is 755. The van der Waals surface area contributed by atoms with Gasteiger partial charge in [0.25, 0.3) is 0 Å². The Morgan fingerprint density at radius 3 is 2.43 bits per heavy atom. The average molecular weight is 516 g/mol. The predicted octanol–water partition coefficient (Wildman–Crippen LogP) is 3.56. The number of rotatable bonds is 4. The lowest BCUT2D eigenvalue weighted by Crippen LogP contribution is -2.43. The summed E-state index contributed by atoms with van der Waals surface area (Å²) in [5.41, 5.74) is 3.50. The first kappa shape index (κ1) is 23.2. The van der Waals surface area contributed by atoms with Gasteiger partial charge in [0.1, 0.15) is 0 Å². The number of hydrogen-bond donors (Lipinski definition) is 3. The van der Waals surface area contributed by atoms with E-state index < -0.39 is 0 Å². The van der Waals surface area contributed by atoms with Crippen molar-refractivity contribution in [1.29, 1.82) is 0 Å². The van der Waals surface area contributed by atoms with Crippen molar-refractivity contribution in [3.63, 3.8) is 0 Å². The average Bonchev–Trinajstić information content (AvgIpc) is 2.68. The van der Waals surface area contributed by atoms with Gasteiger partial charge < -0.3 is 20.3 Å². The maximum absolute atomic E-state index is 10.1. The van der Waals surface area contributed by atoms with E-state index in [-0.39, 0.29) is 57.4 Å². The number of phenolic OH excluding ortho intramolecular Hbond substituents is 2. The van der Waals surface area contributed by atoms with Crippen molar-refractivity contribution >= 4 is 34.0 Å². The van der Waals surface area contributed by atoms with E-state index in [1.165, 1.54) is 5.56 Å². The van der Waals surface area contributed by atoms with E-state index in [2.05, 4.69) is 34.5 Å². The molecule has 5 nitrogen and oxygen atoms in total. The van der Waals surface area contributed by atoms with Gasteiger partial charge in [-0.1, -0.05) is 30.3 Å². The van der Waals surface area contributed by atoms with Crippen LogP contribution in [0.5, 0.6) is 11.5 Å². The first-order valence-corrected chi connectivity index (χ1v) is 9.35. The van der Waals surface area contributed by atoms with Crippen LogP contribution in [0.15, 0.2) is 42.5 Å². The van der Waals surface area contributed by atoms with E-state index in [9.17, 15) is 10.2 Å². The van der Waals surface area contributed by atoms with Gasteiger partial charge >= 0.3 is 0 Å². The SMILES string of the molecule is Br.Br.Oc1cc2c(cc1O)C(C(CN1CCOCC1)c1ccccc1)NCC2. The van der Waals surface area contributed by atoms with E-state index >= 15 is 0 Å². The fourth-order valence-electron chi connectivity index (χ4n) is 4.14. The lowest BCUT2D eigenvalue weighted by molar-refractivity contribution is 0.0330. The van der Waals surface area contributed by atoms with Crippen LogP contribution in [-0.4, -0.2) is 54.5 Å². The van der Waals surface area contributed by atoms with Gasteiger partial charge in [-0.3, -0.25) is 4.90 Å². The molecule has 1 saturated heterocycles. The van der Waals surface area contributed by atoms with E-state index in [0.29, 0.717) is 0 Å². The molecule has 0 bridgehead atoms. The zero-order valence-electron chi connectivity index (χ0n) is 15.7. The van der Waals surface area contributed by atoms with Crippen LogP contribution >= 0.6 is 34.0 Å². The van der Waals surface area contributed by atoms with Gasteiger partial charge in [0, 0.05) is 31.6 Å². The highest BCUT2D eigenvalue weighted by atomic mass is 79.9. The van der Waals surface area contributed by atoms with Gasteiger partial charge in [0.2, 0.25) is 0 Å². The molecule has 0 saturated carbocycles. The minimum absolute atomic E-state index is 0. The lowest BCUT2D eigenvalue weighted by Gasteiger charge is -2.38. The fraction of sp³-hybridized carbons (Fsp3) is 0.429. The molecule has 2 heterocycles. The Labute approximate surface area is 187 Å². The topological polar surface area (TPSA) is 65.0 Å². The molecule has 2 aliphatic heterocycles. The molecule has 2 aromatic carbocycles. The molecule has 3 N–H and O–H groups in total. The van der Waals surface area contributed by atoms with Gasteiger partial charge in [0.05, 0.1) is 13.2 Å². The summed E-state index contributed by atoms with van der Waals surface area (Å²) in [6.45, 7) is 5.27. The van der Waals surface area contributed by atoms with Crippen LogP contribution < -0.4 is 5.32 Å². The number of ether oxygens (including phenoxy) is 1. The molecule has 0 aromatic heterocycles. The van der Waals surface area contributed by atoms with Gasteiger partial charge in [-0.25, -0.2) is 0 Å². The maximum atomic E-state index is 10.1. The quantitative estimate of drug-likeness (QED) is 0.543. The number of phenols is 2. The Hall–Kier alpha value is -1.12. The van der Waals surface area contributed by atoms with Crippen molar-refractivity contribution in [3.8, 4) is 11.5 Å². The predicted molar refractivity (Wildman–Crippen MR) is 121 cm³/mol. The molecule has 28 heavy (non-hydrogen) atoms. The van der Waals surface area contributed by atoms with Crippen molar-refractivity contribution in [3.05, 3.63) is 59.2 Å². The molecular formula is C21H28Br2N2O3. The first-order valence-electron chi connectivity index (χ1n) is 9.35. The van der Waals surface area contributed by atoms with Crippen molar-refractivity contribution in [2.24, 2.45) is 0 Å². The normalized spacial score (nSPS) is 20.4. The third kappa shape index (κ3) is 5.07. The van der Waals surface area contributed by atoms with Gasteiger partial charge in [0.15, 0.2) is 11.5 Å². The Kier molecular flexibility index (Phi) is 8.77. The van der Waals surface area contributed by atoms with Crippen molar-refractivity contribution in [1.82, 2.24) is 10.2 Å². The van der Waals surface area contributed by atoms with Crippen LogP contribution in [0.3, 0.4) is 0 Å². The summed E-state index contributed by atoms with van der Waals surface area (Å²) in [5, 5.41) is 23.6. The number of morpholine rings is 1. The monoisotopic (exact) mass is 514 g/mol. The van der Waals surface area contributed by atoms with Crippen LogP contribution in [0, 0.1) is 0 Å². The zero-order chi connectivity index (χ0) is 17.9. The summed E-state index contributed by atoms with van der Waals surface area (Å²) in [5.74, 6) is 0.182. The molecule has 2 atom stereocenters. The van der Waals surface area contributed by atoms with Crippen LogP contribution in [0.1, 0.15) is 28.7 Å².